The second-order valence-corrected chi connectivity index (χ2v) is 5.98. The van der Waals surface area contributed by atoms with Gasteiger partial charge in [-0.3, -0.25) is 0 Å². The fourth-order valence-electron chi connectivity index (χ4n) is 1.78. The maximum atomic E-state index is 6.16. The molecule has 0 spiro atoms. The Hall–Kier alpha value is -1.33. The minimum absolute atomic E-state index is 0.515. The molecule has 0 aliphatic heterocycles. The van der Waals surface area contributed by atoms with E-state index < -0.39 is 0 Å². The zero-order valence-corrected chi connectivity index (χ0v) is 14.5. The first kappa shape index (κ1) is 16.0. The molecule has 112 valence electrons. The summed E-state index contributed by atoms with van der Waals surface area (Å²) in [6, 6.07) is 5.46. The number of ether oxygens (including phenoxy) is 1. The molecule has 0 amide bonds. The highest BCUT2D eigenvalue weighted by molar-refractivity contribution is 9.10. The van der Waals surface area contributed by atoms with Gasteiger partial charge in [0, 0.05) is 11.0 Å². The van der Waals surface area contributed by atoms with Crippen molar-refractivity contribution in [2.24, 2.45) is 0 Å². The van der Waals surface area contributed by atoms with Crippen LogP contribution in [0.3, 0.4) is 0 Å². The summed E-state index contributed by atoms with van der Waals surface area (Å²) < 4.78 is 6.77. The average molecular weight is 371 g/mol. The van der Waals surface area contributed by atoms with Gasteiger partial charge in [-0.1, -0.05) is 34.5 Å². The fraction of sp³-hybridized carbons (Fsp3) is 0.333. The first-order valence-corrected chi connectivity index (χ1v) is 7.90. The fourth-order valence-corrected chi connectivity index (χ4v) is 2.27. The Bertz CT molecular complexity index is 649. The molecule has 21 heavy (non-hydrogen) atoms. The molecule has 0 aliphatic carbocycles. The zero-order valence-electron chi connectivity index (χ0n) is 12.2. The standard InChI is InChI=1S/C15H17BrClN3O/c1-4-7-18-14-9(2)15(20-10(3)19-14)21-13-8-11(16)5-6-12(13)17/h5-6,8H,4,7H2,1-3H3,(H,18,19,20). The van der Waals surface area contributed by atoms with E-state index in [0.717, 1.165) is 28.8 Å². The van der Waals surface area contributed by atoms with Gasteiger partial charge >= 0.3 is 0 Å². The monoisotopic (exact) mass is 369 g/mol. The normalized spacial score (nSPS) is 10.5. The van der Waals surface area contributed by atoms with Crippen LogP contribution >= 0.6 is 27.5 Å². The number of nitrogens with zero attached hydrogens (tertiary/aromatic N) is 2. The Labute approximate surface area is 138 Å². The summed E-state index contributed by atoms with van der Waals surface area (Å²) in [4.78, 5) is 8.77. The van der Waals surface area contributed by atoms with E-state index in [-0.39, 0.29) is 0 Å². The maximum Gasteiger partial charge on any atom is 0.227 e. The molecule has 1 heterocycles. The Morgan fingerprint density at radius 3 is 2.76 bits per heavy atom. The van der Waals surface area contributed by atoms with E-state index in [1.54, 1.807) is 6.07 Å². The minimum atomic E-state index is 0.515. The predicted molar refractivity (Wildman–Crippen MR) is 89.5 cm³/mol. The van der Waals surface area contributed by atoms with Gasteiger partial charge in [-0.15, -0.1) is 0 Å². The molecule has 0 fully saturated rings. The number of nitrogens with one attached hydrogen (secondary N) is 1. The molecule has 0 atom stereocenters. The molecule has 6 heteroatoms. The highest BCUT2D eigenvalue weighted by Crippen LogP contribution is 2.33. The van der Waals surface area contributed by atoms with Crippen molar-refractivity contribution < 1.29 is 4.74 Å². The molecule has 1 aromatic heterocycles. The third-order valence-corrected chi connectivity index (χ3v) is 3.66. The van der Waals surface area contributed by atoms with Crippen molar-refractivity contribution in [3.05, 3.63) is 39.1 Å². The predicted octanol–water partition coefficient (Wildman–Crippen LogP) is 5.12. The summed E-state index contributed by atoms with van der Waals surface area (Å²) in [6.45, 7) is 6.73. The van der Waals surface area contributed by atoms with E-state index in [4.69, 9.17) is 16.3 Å². The molecular weight excluding hydrogens is 354 g/mol. The Kier molecular flexibility index (Phi) is 5.42. The van der Waals surface area contributed by atoms with Crippen LogP contribution in [0.5, 0.6) is 11.6 Å². The molecular formula is C15H17BrClN3O. The van der Waals surface area contributed by atoms with E-state index in [1.807, 2.05) is 26.0 Å². The van der Waals surface area contributed by atoms with Gasteiger partial charge in [0.2, 0.25) is 5.88 Å². The van der Waals surface area contributed by atoms with Crippen molar-refractivity contribution in [1.82, 2.24) is 9.97 Å². The molecule has 4 nitrogen and oxygen atoms in total. The molecule has 0 aliphatic rings. The summed E-state index contributed by atoms with van der Waals surface area (Å²) in [5.41, 5.74) is 0.866. The van der Waals surface area contributed by atoms with E-state index in [2.05, 4.69) is 38.1 Å². The van der Waals surface area contributed by atoms with Gasteiger partial charge in [-0.25, -0.2) is 4.98 Å². The van der Waals surface area contributed by atoms with Crippen molar-refractivity contribution in [1.29, 1.82) is 0 Å². The van der Waals surface area contributed by atoms with Gasteiger partial charge in [0.25, 0.3) is 0 Å². The van der Waals surface area contributed by atoms with Gasteiger partial charge in [-0.05, 0) is 38.5 Å². The lowest BCUT2D eigenvalue weighted by atomic mass is 10.3. The highest BCUT2D eigenvalue weighted by Gasteiger charge is 2.13. The van der Waals surface area contributed by atoms with Crippen molar-refractivity contribution >= 4 is 33.3 Å². The van der Waals surface area contributed by atoms with Crippen LogP contribution in [0.1, 0.15) is 24.7 Å². The summed E-state index contributed by atoms with van der Waals surface area (Å²) in [6.07, 6.45) is 1.02. The van der Waals surface area contributed by atoms with Crippen molar-refractivity contribution in [2.75, 3.05) is 11.9 Å². The molecule has 0 saturated heterocycles. The number of aryl methyl sites for hydroxylation is 1. The SMILES string of the molecule is CCCNc1nc(C)nc(Oc2cc(Br)ccc2Cl)c1C. The first-order valence-electron chi connectivity index (χ1n) is 6.73. The van der Waals surface area contributed by atoms with E-state index in [0.29, 0.717) is 22.5 Å². The van der Waals surface area contributed by atoms with E-state index in [1.165, 1.54) is 0 Å². The summed E-state index contributed by atoms with van der Waals surface area (Å²) in [5.74, 6) is 2.53. The van der Waals surface area contributed by atoms with Gasteiger partial charge in [0.15, 0.2) is 0 Å². The molecule has 0 saturated carbocycles. The average Bonchev–Trinajstić information content (AvgIpc) is 2.44. The quantitative estimate of drug-likeness (QED) is 0.793. The Morgan fingerprint density at radius 1 is 1.29 bits per heavy atom. The number of halogens is 2. The number of benzene rings is 1. The van der Waals surface area contributed by atoms with Crippen LogP contribution < -0.4 is 10.1 Å². The van der Waals surface area contributed by atoms with Gasteiger partial charge < -0.3 is 10.1 Å². The number of rotatable bonds is 5. The Balaban J connectivity index is 2.35. The lowest BCUT2D eigenvalue weighted by Gasteiger charge is -2.14. The second kappa shape index (κ2) is 7.09. The molecule has 2 aromatic rings. The topological polar surface area (TPSA) is 47.0 Å². The van der Waals surface area contributed by atoms with Crippen LogP contribution in [0.25, 0.3) is 0 Å². The second-order valence-electron chi connectivity index (χ2n) is 4.65. The van der Waals surface area contributed by atoms with Crippen molar-refractivity contribution in [3.63, 3.8) is 0 Å². The molecule has 2 rings (SSSR count). The highest BCUT2D eigenvalue weighted by atomic mass is 79.9. The largest absolute Gasteiger partial charge is 0.437 e. The molecule has 0 unspecified atom stereocenters. The smallest absolute Gasteiger partial charge is 0.227 e. The molecule has 0 radical (unpaired) electrons. The zero-order chi connectivity index (χ0) is 15.4. The van der Waals surface area contributed by atoms with Crippen LogP contribution in [0.2, 0.25) is 5.02 Å². The van der Waals surface area contributed by atoms with Crippen LogP contribution in [0.4, 0.5) is 5.82 Å². The molecule has 1 N–H and O–H groups in total. The lowest BCUT2D eigenvalue weighted by Crippen LogP contribution is -2.07. The van der Waals surface area contributed by atoms with E-state index >= 15 is 0 Å². The van der Waals surface area contributed by atoms with Crippen molar-refractivity contribution in [2.45, 2.75) is 27.2 Å². The first-order chi connectivity index (χ1) is 10.0. The van der Waals surface area contributed by atoms with Crippen LogP contribution in [0, 0.1) is 13.8 Å². The summed E-state index contributed by atoms with van der Waals surface area (Å²) in [7, 11) is 0. The number of hydrogen-bond acceptors (Lipinski definition) is 4. The third-order valence-electron chi connectivity index (χ3n) is 2.86. The number of anilines is 1. The van der Waals surface area contributed by atoms with Gasteiger partial charge in [-0.2, -0.15) is 4.98 Å². The molecule has 0 bridgehead atoms. The number of hydrogen-bond donors (Lipinski definition) is 1. The van der Waals surface area contributed by atoms with Gasteiger partial charge in [0.05, 0.1) is 10.6 Å². The van der Waals surface area contributed by atoms with Crippen molar-refractivity contribution in [3.8, 4) is 11.6 Å². The third kappa shape index (κ3) is 4.08. The van der Waals surface area contributed by atoms with Crippen LogP contribution in [0.15, 0.2) is 22.7 Å². The molecule has 1 aromatic carbocycles. The summed E-state index contributed by atoms with van der Waals surface area (Å²) in [5, 5.41) is 3.82. The minimum Gasteiger partial charge on any atom is -0.437 e. The van der Waals surface area contributed by atoms with Crippen LogP contribution in [-0.2, 0) is 0 Å². The lowest BCUT2D eigenvalue weighted by molar-refractivity contribution is 0.456. The summed E-state index contributed by atoms with van der Waals surface area (Å²) >= 11 is 9.56. The Morgan fingerprint density at radius 2 is 2.05 bits per heavy atom. The van der Waals surface area contributed by atoms with E-state index in [9.17, 15) is 0 Å². The van der Waals surface area contributed by atoms with Gasteiger partial charge in [0.1, 0.15) is 17.4 Å². The maximum absolute atomic E-state index is 6.16. The van der Waals surface area contributed by atoms with Crippen LogP contribution in [-0.4, -0.2) is 16.5 Å². The number of aromatic nitrogens is 2.